The quantitative estimate of drug-likeness (QED) is 0.779. The standard InChI is InChI=1S/C11H11ClN2S2/c1-15-5-8-13-10(12)9-6-3-2-4-7(6)16-11(9)14-8/h2-5H2,1H3. The fourth-order valence-electron chi connectivity index (χ4n) is 2.19. The molecule has 0 saturated carbocycles. The van der Waals surface area contributed by atoms with Crippen molar-refractivity contribution < 1.29 is 0 Å². The van der Waals surface area contributed by atoms with Crippen molar-refractivity contribution in [2.45, 2.75) is 25.0 Å². The minimum atomic E-state index is 0.647. The second-order valence-corrected chi connectivity index (χ2v) is 6.21. The van der Waals surface area contributed by atoms with Crippen molar-refractivity contribution in [1.29, 1.82) is 0 Å². The van der Waals surface area contributed by atoms with Gasteiger partial charge in [-0.1, -0.05) is 11.6 Å². The lowest BCUT2D eigenvalue weighted by atomic mass is 10.2. The van der Waals surface area contributed by atoms with Gasteiger partial charge in [-0.25, -0.2) is 9.97 Å². The molecule has 5 heteroatoms. The Morgan fingerprint density at radius 2 is 2.25 bits per heavy atom. The number of rotatable bonds is 2. The van der Waals surface area contributed by atoms with Crippen LogP contribution in [0.5, 0.6) is 0 Å². The van der Waals surface area contributed by atoms with Crippen molar-refractivity contribution in [2.75, 3.05) is 6.26 Å². The Balaban J connectivity index is 2.22. The van der Waals surface area contributed by atoms with Gasteiger partial charge in [-0.2, -0.15) is 11.8 Å². The second-order valence-electron chi connectivity index (χ2n) is 3.90. The lowest BCUT2D eigenvalue weighted by Crippen LogP contribution is -1.93. The van der Waals surface area contributed by atoms with Crippen LogP contribution in [0.3, 0.4) is 0 Å². The van der Waals surface area contributed by atoms with Crippen LogP contribution in [0, 0.1) is 0 Å². The van der Waals surface area contributed by atoms with Crippen LogP contribution in [-0.4, -0.2) is 16.2 Å². The summed E-state index contributed by atoms with van der Waals surface area (Å²) >= 11 is 9.79. The van der Waals surface area contributed by atoms with E-state index in [1.807, 2.05) is 0 Å². The van der Waals surface area contributed by atoms with Crippen LogP contribution in [-0.2, 0) is 18.6 Å². The molecule has 0 unspecified atom stereocenters. The first-order chi connectivity index (χ1) is 7.79. The maximum atomic E-state index is 6.27. The summed E-state index contributed by atoms with van der Waals surface area (Å²) in [5, 5.41) is 1.76. The molecule has 2 heterocycles. The number of thiophene rings is 1. The van der Waals surface area contributed by atoms with E-state index in [1.165, 1.54) is 23.3 Å². The molecule has 0 atom stereocenters. The molecule has 1 aliphatic carbocycles. The Labute approximate surface area is 107 Å². The maximum Gasteiger partial charge on any atom is 0.141 e. The zero-order valence-electron chi connectivity index (χ0n) is 8.92. The first-order valence-corrected chi connectivity index (χ1v) is 7.84. The predicted octanol–water partition coefficient (Wildman–Crippen LogP) is 3.70. The van der Waals surface area contributed by atoms with E-state index in [0.29, 0.717) is 5.15 Å². The van der Waals surface area contributed by atoms with Crippen LogP contribution in [0.15, 0.2) is 0 Å². The van der Waals surface area contributed by atoms with Crippen molar-refractivity contribution in [3.63, 3.8) is 0 Å². The Kier molecular flexibility index (Phi) is 2.81. The summed E-state index contributed by atoms with van der Waals surface area (Å²) in [7, 11) is 0. The highest BCUT2D eigenvalue weighted by Gasteiger charge is 2.21. The average molecular weight is 271 g/mol. The van der Waals surface area contributed by atoms with Gasteiger partial charge in [0.2, 0.25) is 0 Å². The molecule has 0 fully saturated rings. The summed E-state index contributed by atoms with van der Waals surface area (Å²) in [5.74, 6) is 1.68. The summed E-state index contributed by atoms with van der Waals surface area (Å²) in [6.45, 7) is 0. The van der Waals surface area contributed by atoms with Gasteiger partial charge in [-0.05, 0) is 31.1 Å². The molecular formula is C11H11ClN2S2. The van der Waals surface area contributed by atoms with Crippen molar-refractivity contribution >= 4 is 44.9 Å². The first kappa shape index (κ1) is 10.8. The van der Waals surface area contributed by atoms with Gasteiger partial charge in [0.05, 0.1) is 11.1 Å². The van der Waals surface area contributed by atoms with Gasteiger partial charge in [-0.3, -0.25) is 0 Å². The third-order valence-electron chi connectivity index (χ3n) is 2.84. The van der Waals surface area contributed by atoms with Crippen molar-refractivity contribution in [3.8, 4) is 0 Å². The first-order valence-electron chi connectivity index (χ1n) is 5.25. The monoisotopic (exact) mass is 270 g/mol. The minimum Gasteiger partial charge on any atom is -0.221 e. The van der Waals surface area contributed by atoms with Crippen LogP contribution < -0.4 is 0 Å². The molecule has 2 nitrogen and oxygen atoms in total. The number of fused-ring (bicyclic) bond motifs is 3. The van der Waals surface area contributed by atoms with E-state index < -0.39 is 0 Å². The van der Waals surface area contributed by atoms with Gasteiger partial charge in [0, 0.05) is 4.88 Å². The van der Waals surface area contributed by atoms with E-state index in [9.17, 15) is 0 Å². The summed E-state index contributed by atoms with van der Waals surface area (Å²) in [5.41, 5.74) is 1.40. The van der Waals surface area contributed by atoms with E-state index >= 15 is 0 Å². The van der Waals surface area contributed by atoms with E-state index in [2.05, 4.69) is 16.2 Å². The molecule has 0 amide bonds. The molecule has 0 radical (unpaired) electrons. The normalized spacial score (nSPS) is 14.6. The molecule has 0 N–H and O–H groups in total. The van der Waals surface area contributed by atoms with Gasteiger partial charge < -0.3 is 0 Å². The number of aromatic nitrogens is 2. The van der Waals surface area contributed by atoms with Crippen molar-refractivity contribution in [3.05, 3.63) is 21.4 Å². The molecule has 84 valence electrons. The largest absolute Gasteiger partial charge is 0.221 e. The number of halogens is 1. The predicted molar refractivity (Wildman–Crippen MR) is 71.7 cm³/mol. The Morgan fingerprint density at radius 3 is 3.06 bits per heavy atom. The molecule has 16 heavy (non-hydrogen) atoms. The highest BCUT2D eigenvalue weighted by Crippen LogP contribution is 2.39. The lowest BCUT2D eigenvalue weighted by molar-refractivity contribution is 0.916. The Hall–Kier alpha value is -0.320. The van der Waals surface area contributed by atoms with Gasteiger partial charge in [0.1, 0.15) is 15.8 Å². The zero-order valence-corrected chi connectivity index (χ0v) is 11.3. The zero-order chi connectivity index (χ0) is 11.1. The third-order valence-corrected chi connectivity index (χ3v) is 4.85. The summed E-state index contributed by atoms with van der Waals surface area (Å²) in [6.07, 6.45) is 5.63. The topological polar surface area (TPSA) is 25.8 Å². The fraction of sp³-hybridized carbons (Fsp3) is 0.455. The number of hydrogen-bond acceptors (Lipinski definition) is 4. The van der Waals surface area contributed by atoms with Gasteiger partial charge in [0.15, 0.2) is 0 Å². The molecule has 0 saturated heterocycles. The summed E-state index contributed by atoms with van der Waals surface area (Å²) in [6, 6.07) is 0. The van der Waals surface area contributed by atoms with Crippen LogP contribution in [0.2, 0.25) is 5.15 Å². The molecule has 0 spiro atoms. The minimum absolute atomic E-state index is 0.647. The number of hydrogen-bond donors (Lipinski definition) is 0. The number of thioether (sulfide) groups is 1. The lowest BCUT2D eigenvalue weighted by Gasteiger charge is -2.00. The third kappa shape index (κ3) is 1.63. The fourth-order valence-corrected chi connectivity index (χ4v) is 4.21. The molecule has 1 aliphatic rings. The SMILES string of the molecule is CSCc1nc(Cl)c2c3c(sc2n1)CCC3. The average Bonchev–Trinajstić information content (AvgIpc) is 2.76. The Bertz CT molecular complexity index is 550. The smallest absolute Gasteiger partial charge is 0.141 e. The van der Waals surface area contributed by atoms with E-state index in [-0.39, 0.29) is 0 Å². The van der Waals surface area contributed by atoms with E-state index in [4.69, 9.17) is 11.6 Å². The van der Waals surface area contributed by atoms with Gasteiger partial charge in [0.25, 0.3) is 0 Å². The number of aryl methyl sites for hydroxylation is 2. The van der Waals surface area contributed by atoms with Gasteiger partial charge >= 0.3 is 0 Å². The van der Waals surface area contributed by atoms with Crippen LogP contribution in [0.25, 0.3) is 10.2 Å². The van der Waals surface area contributed by atoms with Crippen LogP contribution in [0.4, 0.5) is 0 Å². The molecule has 0 aromatic carbocycles. The highest BCUT2D eigenvalue weighted by atomic mass is 35.5. The van der Waals surface area contributed by atoms with E-state index in [1.54, 1.807) is 23.1 Å². The second kappa shape index (κ2) is 4.17. The highest BCUT2D eigenvalue weighted by molar-refractivity contribution is 7.97. The summed E-state index contributed by atoms with van der Waals surface area (Å²) in [4.78, 5) is 11.5. The van der Waals surface area contributed by atoms with E-state index in [0.717, 1.165) is 28.2 Å². The molecular weight excluding hydrogens is 260 g/mol. The number of nitrogens with zero attached hydrogens (tertiary/aromatic N) is 2. The molecule has 0 aliphatic heterocycles. The van der Waals surface area contributed by atoms with Crippen molar-refractivity contribution in [2.24, 2.45) is 0 Å². The summed E-state index contributed by atoms with van der Waals surface area (Å²) < 4.78 is 0. The maximum absolute atomic E-state index is 6.27. The molecule has 0 bridgehead atoms. The molecule has 2 aromatic rings. The van der Waals surface area contributed by atoms with Gasteiger partial charge in [-0.15, -0.1) is 11.3 Å². The molecule has 2 aromatic heterocycles. The van der Waals surface area contributed by atoms with Crippen molar-refractivity contribution in [1.82, 2.24) is 9.97 Å². The van der Waals surface area contributed by atoms with Crippen LogP contribution >= 0.6 is 34.7 Å². The Morgan fingerprint density at radius 1 is 1.38 bits per heavy atom. The van der Waals surface area contributed by atoms with Crippen LogP contribution in [0.1, 0.15) is 22.7 Å². The molecule has 3 rings (SSSR count).